The van der Waals surface area contributed by atoms with Crippen molar-refractivity contribution in [3.8, 4) is 0 Å². The van der Waals surface area contributed by atoms with Gasteiger partial charge >= 0.3 is 0 Å². The molecule has 0 aromatic heterocycles. The van der Waals surface area contributed by atoms with E-state index in [1.54, 1.807) is 4.90 Å². The third-order valence-electron chi connectivity index (χ3n) is 5.34. The van der Waals surface area contributed by atoms with Crippen molar-refractivity contribution in [2.45, 2.75) is 25.8 Å². The highest BCUT2D eigenvalue weighted by atomic mass is 32.2. The number of nitrogens with one attached hydrogen (secondary N) is 2. The lowest BCUT2D eigenvalue weighted by Crippen LogP contribution is -3.14. The molecule has 0 bridgehead atoms. The summed E-state index contributed by atoms with van der Waals surface area (Å²) in [5.74, 6) is 0.461. The first kappa shape index (κ1) is 20.5. The lowest BCUT2D eigenvalue weighted by Gasteiger charge is -2.32. The molecule has 1 aromatic rings. The first-order valence-electron chi connectivity index (χ1n) is 9.69. The Morgan fingerprint density at radius 3 is 2.63 bits per heavy atom. The van der Waals surface area contributed by atoms with Crippen LogP contribution in [0.3, 0.4) is 0 Å². The highest BCUT2D eigenvalue weighted by Crippen LogP contribution is 2.20. The summed E-state index contributed by atoms with van der Waals surface area (Å²) < 4.78 is 29.4. The van der Waals surface area contributed by atoms with Crippen LogP contribution in [-0.2, 0) is 14.6 Å². The number of anilines is 1. The molecule has 0 radical (unpaired) electrons. The Labute approximate surface area is 167 Å². The Balaban J connectivity index is 1.61. The first-order valence-corrected chi connectivity index (χ1v) is 11.9. The molecule has 3 rings (SSSR count). The van der Waals surface area contributed by atoms with Crippen LogP contribution in [0.4, 0.5) is 5.69 Å². The number of ether oxygens (including phenoxy) is 1. The molecule has 1 aromatic carbocycles. The Hall–Kier alpha value is -1.22. The second-order valence-electron chi connectivity index (χ2n) is 7.51. The van der Waals surface area contributed by atoms with Crippen molar-refractivity contribution in [3.05, 3.63) is 29.8 Å². The molecule has 1 atom stereocenters. The number of benzene rings is 1. The van der Waals surface area contributed by atoms with E-state index in [1.807, 2.05) is 31.2 Å². The highest BCUT2D eigenvalue weighted by Gasteiger charge is 2.33. The normalized spacial score (nSPS) is 22.5. The average molecular weight is 413 g/mol. The van der Waals surface area contributed by atoms with Gasteiger partial charge in [-0.15, -0.1) is 0 Å². The number of aryl methyl sites for hydroxylation is 1. The van der Waals surface area contributed by atoms with E-state index in [9.17, 15) is 8.42 Å². The monoisotopic (exact) mass is 412 g/mol. The summed E-state index contributed by atoms with van der Waals surface area (Å²) in [6, 6.07) is 8.06. The number of thiocarbonyl (C=S) groups is 1. The topological polar surface area (TPSA) is 63.1 Å². The van der Waals surface area contributed by atoms with Gasteiger partial charge in [0.15, 0.2) is 14.9 Å². The summed E-state index contributed by atoms with van der Waals surface area (Å²) >= 11 is 5.66. The van der Waals surface area contributed by atoms with Gasteiger partial charge in [-0.1, -0.05) is 17.7 Å². The van der Waals surface area contributed by atoms with Crippen molar-refractivity contribution in [1.82, 2.24) is 4.90 Å². The SMILES string of the molecule is Cc1ccc(NC(=S)N(CCC[NH+]2CCOCC2)[C@H]2CCS(=O)(=O)C2)cc1. The fourth-order valence-corrected chi connectivity index (χ4v) is 5.80. The second kappa shape index (κ2) is 9.32. The van der Waals surface area contributed by atoms with Crippen molar-refractivity contribution >= 4 is 32.9 Å². The summed E-state index contributed by atoms with van der Waals surface area (Å²) in [6.45, 7) is 7.63. The third kappa shape index (κ3) is 6.14. The first-order chi connectivity index (χ1) is 12.9. The van der Waals surface area contributed by atoms with Crippen molar-refractivity contribution in [1.29, 1.82) is 0 Å². The molecule has 6 nitrogen and oxygen atoms in total. The maximum absolute atomic E-state index is 12.0. The van der Waals surface area contributed by atoms with Gasteiger partial charge in [-0.25, -0.2) is 8.42 Å². The molecule has 2 saturated heterocycles. The van der Waals surface area contributed by atoms with E-state index in [-0.39, 0.29) is 17.5 Å². The fraction of sp³-hybridized carbons (Fsp3) is 0.632. The maximum Gasteiger partial charge on any atom is 0.173 e. The van der Waals surface area contributed by atoms with Gasteiger partial charge in [0.2, 0.25) is 0 Å². The number of morpholine rings is 1. The highest BCUT2D eigenvalue weighted by molar-refractivity contribution is 7.91. The van der Waals surface area contributed by atoms with Gasteiger partial charge in [-0.3, -0.25) is 0 Å². The molecule has 0 unspecified atom stereocenters. The van der Waals surface area contributed by atoms with Crippen LogP contribution >= 0.6 is 12.2 Å². The van der Waals surface area contributed by atoms with Gasteiger partial charge in [-0.2, -0.15) is 0 Å². The zero-order chi connectivity index (χ0) is 19.3. The minimum absolute atomic E-state index is 0.0277. The molecule has 0 saturated carbocycles. The van der Waals surface area contributed by atoms with E-state index in [0.29, 0.717) is 11.5 Å². The Morgan fingerprint density at radius 2 is 2.00 bits per heavy atom. The van der Waals surface area contributed by atoms with Gasteiger partial charge in [0.25, 0.3) is 0 Å². The van der Waals surface area contributed by atoms with Gasteiger partial charge in [0.05, 0.1) is 31.3 Å². The molecule has 8 heteroatoms. The smallest absolute Gasteiger partial charge is 0.173 e. The molecule has 0 spiro atoms. The van der Waals surface area contributed by atoms with Crippen molar-refractivity contribution < 1.29 is 18.1 Å². The van der Waals surface area contributed by atoms with Crippen LogP contribution in [0.15, 0.2) is 24.3 Å². The Bertz CT molecular complexity index is 731. The van der Waals surface area contributed by atoms with Crippen LogP contribution in [0.25, 0.3) is 0 Å². The molecule has 2 N–H and O–H groups in total. The molecule has 2 aliphatic rings. The standard InChI is InChI=1S/C19H29N3O3S2/c1-16-3-5-17(6-4-16)20-19(26)22(18-7-14-27(23,24)15-18)9-2-8-21-10-12-25-13-11-21/h3-6,18H,2,7-15H2,1H3,(H,20,26)/p+1/t18-/m0/s1. The molecule has 0 aliphatic carbocycles. The number of quaternary nitrogens is 1. The van der Waals surface area contributed by atoms with E-state index in [2.05, 4.69) is 10.2 Å². The molecule has 2 fully saturated rings. The van der Waals surface area contributed by atoms with Crippen LogP contribution in [0.2, 0.25) is 0 Å². The van der Waals surface area contributed by atoms with E-state index in [1.165, 1.54) is 5.56 Å². The molecule has 2 heterocycles. The minimum atomic E-state index is -2.95. The lowest BCUT2D eigenvalue weighted by molar-refractivity contribution is -0.908. The van der Waals surface area contributed by atoms with Crippen LogP contribution < -0.4 is 10.2 Å². The molecular weight excluding hydrogens is 382 g/mol. The van der Waals surface area contributed by atoms with Gasteiger partial charge in [-0.05, 0) is 37.7 Å². The van der Waals surface area contributed by atoms with Crippen LogP contribution in [0, 0.1) is 6.92 Å². The van der Waals surface area contributed by atoms with E-state index >= 15 is 0 Å². The van der Waals surface area contributed by atoms with Crippen molar-refractivity contribution in [3.63, 3.8) is 0 Å². The zero-order valence-electron chi connectivity index (χ0n) is 15.9. The number of hydrogen-bond acceptors (Lipinski definition) is 4. The van der Waals surface area contributed by atoms with Crippen LogP contribution in [0.5, 0.6) is 0 Å². The van der Waals surface area contributed by atoms with E-state index < -0.39 is 9.84 Å². The van der Waals surface area contributed by atoms with Gasteiger partial charge in [0, 0.05) is 24.7 Å². The summed E-state index contributed by atoms with van der Waals surface area (Å²) in [4.78, 5) is 3.65. The van der Waals surface area contributed by atoms with E-state index in [4.69, 9.17) is 17.0 Å². The molecule has 0 amide bonds. The number of rotatable bonds is 6. The lowest BCUT2D eigenvalue weighted by atomic mass is 10.2. The number of hydrogen-bond donors (Lipinski definition) is 2. The van der Waals surface area contributed by atoms with Crippen LogP contribution in [-0.4, -0.2) is 75.4 Å². The quantitative estimate of drug-likeness (QED) is 0.663. The van der Waals surface area contributed by atoms with Crippen molar-refractivity contribution in [2.75, 3.05) is 56.2 Å². The number of sulfone groups is 1. The molecule has 2 aliphatic heterocycles. The summed E-state index contributed by atoms with van der Waals surface area (Å²) in [6.07, 6.45) is 1.64. The zero-order valence-corrected chi connectivity index (χ0v) is 17.6. The largest absolute Gasteiger partial charge is 0.370 e. The van der Waals surface area contributed by atoms with E-state index in [0.717, 1.165) is 51.5 Å². The second-order valence-corrected chi connectivity index (χ2v) is 10.1. The Kier molecular flexibility index (Phi) is 7.08. The van der Waals surface area contributed by atoms with Gasteiger partial charge < -0.3 is 19.9 Å². The summed E-state index contributed by atoms with van der Waals surface area (Å²) in [7, 11) is -2.95. The summed E-state index contributed by atoms with van der Waals surface area (Å²) in [5, 5.41) is 3.92. The molecule has 27 heavy (non-hydrogen) atoms. The third-order valence-corrected chi connectivity index (χ3v) is 7.43. The Morgan fingerprint density at radius 1 is 1.30 bits per heavy atom. The predicted molar refractivity (Wildman–Crippen MR) is 112 cm³/mol. The molecular formula is C19H30N3O3S2+. The fourth-order valence-electron chi connectivity index (χ4n) is 3.71. The average Bonchev–Trinajstić information content (AvgIpc) is 3.01. The van der Waals surface area contributed by atoms with Gasteiger partial charge in [0.1, 0.15) is 13.1 Å². The predicted octanol–water partition coefficient (Wildman–Crippen LogP) is 0.486. The maximum atomic E-state index is 12.0. The number of nitrogens with zero attached hydrogens (tertiary/aromatic N) is 1. The minimum Gasteiger partial charge on any atom is -0.370 e. The summed E-state index contributed by atoms with van der Waals surface area (Å²) in [5.41, 5.74) is 2.13. The van der Waals surface area contributed by atoms with Crippen LogP contribution in [0.1, 0.15) is 18.4 Å². The molecule has 150 valence electrons. The van der Waals surface area contributed by atoms with Crippen molar-refractivity contribution in [2.24, 2.45) is 0 Å².